The molecule has 9 heteroatoms. The lowest BCUT2D eigenvalue weighted by atomic mass is 10.1. The maximum absolute atomic E-state index is 13.4. The standard InChI is InChI=1S/C25H28N4O3S2/c1-3-12-28(16-24(30)26-18-8-4-5-9-21(18)32-2)17-25(31)29-20(23-11-7-14-34-23)15-19(27-29)22-10-6-13-33-22/h4-11,13-14,20H,3,12,15-17H2,1-2H3,(H,26,30). The first-order chi connectivity index (χ1) is 16.6. The summed E-state index contributed by atoms with van der Waals surface area (Å²) in [7, 11) is 1.57. The Hall–Kier alpha value is -3.01. The molecule has 4 rings (SSSR count). The van der Waals surface area contributed by atoms with Crippen molar-refractivity contribution in [3.8, 4) is 5.75 Å². The van der Waals surface area contributed by atoms with E-state index in [1.54, 1.807) is 46.9 Å². The number of nitrogens with zero attached hydrogens (tertiary/aromatic N) is 3. The summed E-state index contributed by atoms with van der Waals surface area (Å²) in [5, 5.41) is 13.3. The fourth-order valence-electron chi connectivity index (χ4n) is 3.97. The molecule has 0 saturated heterocycles. The van der Waals surface area contributed by atoms with E-state index < -0.39 is 0 Å². The Labute approximate surface area is 207 Å². The van der Waals surface area contributed by atoms with E-state index in [4.69, 9.17) is 9.84 Å². The van der Waals surface area contributed by atoms with Gasteiger partial charge in [-0.25, -0.2) is 5.01 Å². The van der Waals surface area contributed by atoms with Crippen molar-refractivity contribution in [3.05, 3.63) is 69.0 Å². The van der Waals surface area contributed by atoms with Gasteiger partial charge in [0.25, 0.3) is 5.91 Å². The molecule has 0 bridgehead atoms. The lowest BCUT2D eigenvalue weighted by Crippen LogP contribution is -2.42. The number of carbonyl (C=O) groups excluding carboxylic acids is 2. The number of benzene rings is 1. The molecule has 0 spiro atoms. The van der Waals surface area contributed by atoms with Crippen molar-refractivity contribution in [1.29, 1.82) is 0 Å². The zero-order chi connectivity index (χ0) is 23.9. The normalized spacial score (nSPS) is 15.4. The van der Waals surface area contributed by atoms with E-state index in [9.17, 15) is 9.59 Å². The van der Waals surface area contributed by atoms with E-state index in [1.807, 2.05) is 59.0 Å². The van der Waals surface area contributed by atoms with E-state index in [2.05, 4.69) is 5.32 Å². The fraction of sp³-hybridized carbons (Fsp3) is 0.320. The third-order valence-corrected chi connectivity index (χ3v) is 7.38. The predicted octanol–water partition coefficient (Wildman–Crippen LogP) is 4.85. The summed E-state index contributed by atoms with van der Waals surface area (Å²) in [5.41, 5.74) is 1.54. The van der Waals surface area contributed by atoms with Gasteiger partial charge in [-0.05, 0) is 48.0 Å². The van der Waals surface area contributed by atoms with Crippen LogP contribution >= 0.6 is 22.7 Å². The van der Waals surface area contributed by atoms with Gasteiger partial charge in [0.15, 0.2) is 0 Å². The summed E-state index contributed by atoms with van der Waals surface area (Å²) in [4.78, 5) is 30.3. The molecule has 1 N–H and O–H groups in total. The number of thiophene rings is 2. The lowest BCUT2D eigenvalue weighted by Gasteiger charge is -2.25. The van der Waals surface area contributed by atoms with Crippen molar-refractivity contribution in [1.82, 2.24) is 9.91 Å². The van der Waals surface area contributed by atoms with Crippen LogP contribution in [0.3, 0.4) is 0 Å². The molecular formula is C25H28N4O3S2. The molecule has 1 aliphatic rings. The second-order valence-electron chi connectivity index (χ2n) is 7.96. The molecule has 1 unspecified atom stereocenters. The number of hydrogen-bond acceptors (Lipinski definition) is 7. The summed E-state index contributed by atoms with van der Waals surface area (Å²) < 4.78 is 5.32. The van der Waals surface area contributed by atoms with Crippen LogP contribution in [0.2, 0.25) is 0 Å². The number of para-hydroxylation sites is 2. The minimum Gasteiger partial charge on any atom is -0.495 e. The van der Waals surface area contributed by atoms with Crippen LogP contribution in [0, 0.1) is 0 Å². The van der Waals surface area contributed by atoms with Gasteiger partial charge in [0.1, 0.15) is 5.75 Å². The van der Waals surface area contributed by atoms with Crippen LogP contribution in [0.4, 0.5) is 5.69 Å². The SMILES string of the molecule is CCCN(CC(=O)Nc1ccccc1OC)CC(=O)N1N=C(c2cccs2)CC1c1cccs1. The second kappa shape index (κ2) is 11.4. The highest BCUT2D eigenvalue weighted by Crippen LogP contribution is 2.36. The van der Waals surface area contributed by atoms with Gasteiger partial charge in [-0.2, -0.15) is 5.10 Å². The summed E-state index contributed by atoms with van der Waals surface area (Å²) in [6.07, 6.45) is 1.52. The quantitative estimate of drug-likeness (QED) is 0.436. The maximum Gasteiger partial charge on any atom is 0.257 e. The van der Waals surface area contributed by atoms with Gasteiger partial charge in [-0.15, -0.1) is 22.7 Å². The molecule has 2 aromatic heterocycles. The Morgan fingerprint density at radius 1 is 1.12 bits per heavy atom. The topological polar surface area (TPSA) is 74.2 Å². The highest BCUT2D eigenvalue weighted by atomic mass is 32.1. The minimum absolute atomic E-state index is 0.108. The minimum atomic E-state index is -0.190. The van der Waals surface area contributed by atoms with E-state index in [-0.39, 0.29) is 30.9 Å². The summed E-state index contributed by atoms with van der Waals surface area (Å²) in [5.74, 6) is 0.300. The van der Waals surface area contributed by atoms with Crippen molar-refractivity contribution in [2.75, 3.05) is 32.1 Å². The Bertz CT molecular complexity index is 1130. The Morgan fingerprint density at radius 2 is 1.91 bits per heavy atom. The van der Waals surface area contributed by atoms with Crippen LogP contribution in [0.25, 0.3) is 0 Å². The number of nitrogens with one attached hydrogen (secondary N) is 1. The zero-order valence-electron chi connectivity index (χ0n) is 19.3. The molecule has 1 atom stereocenters. The van der Waals surface area contributed by atoms with Gasteiger partial charge in [-0.3, -0.25) is 14.5 Å². The van der Waals surface area contributed by atoms with Crippen molar-refractivity contribution < 1.29 is 14.3 Å². The average Bonchev–Trinajstić information content (AvgIpc) is 3.60. The predicted molar refractivity (Wildman–Crippen MR) is 138 cm³/mol. The molecule has 178 valence electrons. The highest BCUT2D eigenvalue weighted by molar-refractivity contribution is 7.12. The van der Waals surface area contributed by atoms with Gasteiger partial charge in [0.2, 0.25) is 5.91 Å². The lowest BCUT2D eigenvalue weighted by molar-refractivity contribution is -0.134. The average molecular weight is 497 g/mol. The van der Waals surface area contributed by atoms with E-state index in [1.165, 1.54) is 0 Å². The molecule has 3 heterocycles. The number of ether oxygens (including phenoxy) is 1. The second-order valence-corrected chi connectivity index (χ2v) is 9.88. The van der Waals surface area contributed by atoms with Gasteiger partial charge in [0.05, 0.1) is 42.5 Å². The molecule has 0 aliphatic carbocycles. The van der Waals surface area contributed by atoms with Crippen LogP contribution < -0.4 is 10.1 Å². The van der Waals surface area contributed by atoms with Crippen molar-refractivity contribution in [2.45, 2.75) is 25.8 Å². The number of amides is 2. The molecule has 0 saturated carbocycles. The molecule has 2 amide bonds. The number of methoxy groups -OCH3 is 1. The smallest absolute Gasteiger partial charge is 0.257 e. The van der Waals surface area contributed by atoms with Gasteiger partial charge in [-0.1, -0.05) is 31.2 Å². The van der Waals surface area contributed by atoms with Crippen molar-refractivity contribution in [2.24, 2.45) is 5.10 Å². The molecule has 1 aromatic carbocycles. The molecule has 3 aromatic rings. The fourth-order valence-corrected chi connectivity index (χ4v) is 5.50. The highest BCUT2D eigenvalue weighted by Gasteiger charge is 2.34. The van der Waals surface area contributed by atoms with Gasteiger partial charge < -0.3 is 10.1 Å². The first kappa shape index (κ1) is 24.1. The molecule has 34 heavy (non-hydrogen) atoms. The largest absolute Gasteiger partial charge is 0.495 e. The molecule has 1 aliphatic heterocycles. The number of rotatable bonds is 10. The first-order valence-electron chi connectivity index (χ1n) is 11.2. The van der Waals surface area contributed by atoms with Crippen molar-refractivity contribution in [3.63, 3.8) is 0 Å². The monoisotopic (exact) mass is 496 g/mol. The van der Waals surface area contributed by atoms with Crippen molar-refractivity contribution >= 4 is 45.9 Å². The third-order valence-electron chi connectivity index (χ3n) is 5.49. The van der Waals surface area contributed by atoms with E-state index in [0.717, 1.165) is 21.9 Å². The summed E-state index contributed by atoms with van der Waals surface area (Å²) in [6.45, 7) is 2.89. The molecule has 7 nitrogen and oxygen atoms in total. The van der Waals surface area contributed by atoms with Crippen LogP contribution in [0.5, 0.6) is 5.75 Å². The van der Waals surface area contributed by atoms with Gasteiger partial charge in [0, 0.05) is 11.3 Å². The summed E-state index contributed by atoms with van der Waals surface area (Å²) >= 11 is 3.26. The van der Waals surface area contributed by atoms with Crippen LogP contribution in [0.1, 0.15) is 35.6 Å². The zero-order valence-corrected chi connectivity index (χ0v) is 20.9. The number of anilines is 1. The number of carbonyl (C=O) groups is 2. The first-order valence-corrected chi connectivity index (χ1v) is 13.0. The van der Waals surface area contributed by atoms with Gasteiger partial charge >= 0.3 is 0 Å². The number of hydrazone groups is 1. The van der Waals surface area contributed by atoms with E-state index >= 15 is 0 Å². The molecule has 0 fully saturated rings. The Balaban J connectivity index is 1.46. The van der Waals surface area contributed by atoms with E-state index in [0.29, 0.717) is 24.4 Å². The number of hydrogen-bond donors (Lipinski definition) is 1. The Kier molecular flexibility index (Phi) is 8.10. The van der Waals surface area contributed by atoms with Crippen LogP contribution in [0.15, 0.2) is 64.4 Å². The third kappa shape index (κ3) is 5.72. The Morgan fingerprint density at radius 3 is 2.62 bits per heavy atom. The maximum atomic E-state index is 13.4. The van der Waals surface area contributed by atoms with Crippen LogP contribution in [-0.4, -0.2) is 54.2 Å². The molecular weight excluding hydrogens is 468 g/mol. The molecule has 0 radical (unpaired) electrons. The van der Waals surface area contributed by atoms with Crippen LogP contribution in [-0.2, 0) is 9.59 Å². The summed E-state index contributed by atoms with van der Waals surface area (Å²) in [6, 6.07) is 15.2.